The van der Waals surface area contributed by atoms with Crippen LogP contribution >= 0.6 is 0 Å². The number of hydrogen-bond donors (Lipinski definition) is 3. The minimum Gasteiger partial charge on any atom is -0.493 e. The molecule has 0 aliphatic carbocycles. The van der Waals surface area contributed by atoms with Crippen LogP contribution in [-0.4, -0.2) is 73.3 Å². The molecule has 7 rings (SSSR count). The summed E-state index contributed by atoms with van der Waals surface area (Å²) in [4.78, 5) is 57.9. The first-order valence-electron chi connectivity index (χ1n) is 18.9. The summed E-state index contributed by atoms with van der Waals surface area (Å²) in [5.41, 5.74) is -5.49. The molecule has 3 N–H and O–H groups in total. The third kappa shape index (κ3) is 7.45. The van der Waals surface area contributed by atoms with Gasteiger partial charge in [-0.2, -0.15) is 65.3 Å². The molecule has 0 bridgehead atoms. The monoisotopic (exact) mass is 924 g/mol. The summed E-state index contributed by atoms with van der Waals surface area (Å²) >= 11 is 0. The van der Waals surface area contributed by atoms with Gasteiger partial charge in [-0.1, -0.05) is 0 Å². The lowest BCUT2D eigenvalue weighted by Gasteiger charge is -2.11. The fourth-order valence-electron chi connectivity index (χ4n) is 6.25. The van der Waals surface area contributed by atoms with Crippen molar-refractivity contribution in [1.82, 2.24) is 58.0 Å². The summed E-state index contributed by atoms with van der Waals surface area (Å²) < 4.78 is 4.87. The van der Waals surface area contributed by atoms with Crippen LogP contribution in [0.5, 0.6) is 17.6 Å². The van der Waals surface area contributed by atoms with Crippen LogP contribution in [0.1, 0.15) is 38.9 Å². The number of pyridine rings is 3. The van der Waals surface area contributed by atoms with Gasteiger partial charge in [-0.3, -0.25) is 28.1 Å². The highest BCUT2D eigenvalue weighted by molar-refractivity contribution is 5.68. The van der Waals surface area contributed by atoms with Crippen molar-refractivity contribution in [3.05, 3.63) is 111 Å². The van der Waals surface area contributed by atoms with Crippen molar-refractivity contribution in [2.45, 2.75) is 20.8 Å². The molecule has 0 saturated heterocycles. The number of hydrogen-bond acceptors (Lipinski definition) is 22. The van der Waals surface area contributed by atoms with E-state index < -0.39 is 69.6 Å². The zero-order valence-corrected chi connectivity index (χ0v) is 36.0. The Morgan fingerprint density at radius 3 is 1.26 bits per heavy atom. The molecule has 0 aromatic carbocycles. The van der Waals surface area contributed by atoms with Gasteiger partial charge in [0, 0.05) is 32.3 Å². The third-order valence-corrected chi connectivity index (χ3v) is 10.1. The van der Waals surface area contributed by atoms with Crippen molar-refractivity contribution < 1.29 is 15.3 Å². The maximum absolute atomic E-state index is 12.6. The van der Waals surface area contributed by atoms with Gasteiger partial charge in [-0.05, 0) is 26.3 Å². The van der Waals surface area contributed by atoms with Gasteiger partial charge in [0.15, 0.2) is 28.8 Å². The van der Waals surface area contributed by atoms with E-state index in [0.29, 0.717) is 0 Å². The SMILES string of the molecule is [C-]#[N+]c1cnn(-c2nc(-n3ncc(C#N)c3N=Nc3c(C)c(C#N)c(=O)n(C)c3O)nc(-n3ncc(C#N)c3N=Nc3c(C)c(C#N)c(=O)n(C)c3O)n2)c1N=Nc1c(C)c([N+]#[C-])c(=O)n(C)c1O. The number of aromatic hydroxyl groups is 3. The van der Waals surface area contributed by atoms with Gasteiger partial charge in [0.1, 0.15) is 52.2 Å². The maximum Gasteiger partial charge on any atom is 0.271 e. The first-order chi connectivity index (χ1) is 33.0. The standard InChI is InChI=1S/C39H24N24O6/c1-16-21(11-42)31(64)58(6)34(67)25(16)52-55-28-19(9-40)13-46-61(28)37-49-38(62-29(20(10-41)14-47-62)56-53-26-17(2)22(12-43)32(65)59(7)35(26)68)51-39(50-37)63-30(23(44-4)15-48-63)57-54-27-18(3)24(45-5)33(66)60(8)36(27)69/h13-15,67-69H,1-3,6-8H3. The van der Waals surface area contributed by atoms with Gasteiger partial charge in [0.05, 0.1) is 31.7 Å². The molecule has 0 fully saturated rings. The van der Waals surface area contributed by atoms with Crippen LogP contribution < -0.4 is 16.7 Å². The second-order valence-corrected chi connectivity index (χ2v) is 13.9. The molecular formula is C39H24N24O6. The van der Waals surface area contributed by atoms with E-state index in [4.69, 9.17) is 13.1 Å². The molecule has 0 unspecified atom stereocenters. The molecule has 7 heterocycles. The molecule has 0 saturated carbocycles. The quantitative estimate of drug-likeness (QED) is 0.133. The highest BCUT2D eigenvalue weighted by Crippen LogP contribution is 2.38. The molecule has 0 atom stereocenters. The highest BCUT2D eigenvalue weighted by atomic mass is 16.3. The van der Waals surface area contributed by atoms with E-state index >= 15 is 0 Å². The van der Waals surface area contributed by atoms with E-state index in [1.54, 1.807) is 12.1 Å². The van der Waals surface area contributed by atoms with Crippen LogP contribution in [0.4, 0.5) is 45.9 Å². The summed E-state index contributed by atoms with van der Waals surface area (Å²) in [7, 11) is 3.57. The Hall–Kier alpha value is -11.4. The molecule has 0 amide bonds. The van der Waals surface area contributed by atoms with Crippen molar-refractivity contribution in [1.29, 1.82) is 21.0 Å². The minimum absolute atomic E-state index is 0.0490. The van der Waals surface area contributed by atoms with Crippen LogP contribution in [0, 0.1) is 79.2 Å². The van der Waals surface area contributed by atoms with Crippen molar-refractivity contribution in [2.75, 3.05) is 0 Å². The second kappa shape index (κ2) is 17.7. The number of nitriles is 4. The summed E-state index contributed by atoms with van der Waals surface area (Å²) in [5.74, 6) is -4.83. The Bertz CT molecular complexity index is 3530. The molecule has 0 aliphatic heterocycles. The van der Waals surface area contributed by atoms with Gasteiger partial charge in [-0.15, -0.1) is 30.7 Å². The van der Waals surface area contributed by atoms with E-state index in [2.05, 4.69) is 70.6 Å². The minimum atomic E-state index is -0.821. The van der Waals surface area contributed by atoms with Crippen molar-refractivity contribution in [2.24, 2.45) is 51.8 Å². The van der Waals surface area contributed by atoms with Crippen molar-refractivity contribution >= 4 is 45.9 Å². The van der Waals surface area contributed by atoms with Gasteiger partial charge in [0.2, 0.25) is 17.6 Å². The fraction of sp³-hybridized carbons (Fsp3) is 0.154. The molecule has 69 heavy (non-hydrogen) atoms. The van der Waals surface area contributed by atoms with Gasteiger partial charge < -0.3 is 15.3 Å². The number of nitrogens with zero attached hydrogens (tertiary/aromatic N) is 24. The second-order valence-electron chi connectivity index (χ2n) is 13.9. The maximum atomic E-state index is 12.6. The summed E-state index contributed by atoms with van der Waals surface area (Å²) in [5, 5.41) is 109. The molecular weight excluding hydrogens is 901 g/mol. The number of azo groups is 3. The van der Waals surface area contributed by atoms with Crippen LogP contribution in [0.15, 0.2) is 63.7 Å². The molecule has 0 aliphatic rings. The Morgan fingerprint density at radius 1 is 0.522 bits per heavy atom. The lowest BCUT2D eigenvalue weighted by atomic mass is 10.1. The summed E-state index contributed by atoms with van der Waals surface area (Å²) in [6.07, 6.45) is 3.11. The van der Waals surface area contributed by atoms with Crippen molar-refractivity contribution in [3.8, 4) is 59.8 Å². The topological polar surface area (TPSA) is 397 Å². The normalized spacial score (nSPS) is 11.1. The lowest BCUT2D eigenvalue weighted by Crippen LogP contribution is -2.20. The molecule has 30 heteroatoms. The first-order valence-corrected chi connectivity index (χ1v) is 18.9. The van der Waals surface area contributed by atoms with Crippen LogP contribution in [0.3, 0.4) is 0 Å². The van der Waals surface area contributed by atoms with Crippen LogP contribution in [-0.2, 0) is 21.1 Å². The predicted molar refractivity (Wildman–Crippen MR) is 229 cm³/mol. The molecule has 336 valence electrons. The Kier molecular flexibility index (Phi) is 11.7. The molecule has 30 nitrogen and oxygen atoms in total. The smallest absolute Gasteiger partial charge is 0.271 e. The first kappa shape index (κ1) is 45.6. The van der Waals surface area contributed by atoms with Crippen LogP contribution in [0.25, 0.3) is 27.5 Å². The molecule has 7 aromatic heterocycles. The average molecular weight is 925 g/mol. The molecule has 0 spiro atoms. The van der Waals surface area contributed by atoms with Crippen molar-refractivity contribution in [3.63, 3.8) is 0 Å². The summed E-state index contributed by atoms with van der Waals surface area (Å²) in [6.45, 7) is 19.3. The zero-order valence-electron chi connectivity index (χ0n) is 36.0. The Morgan fingerprint density at radius 2 is 0.884 bits per heavy atom. The van der Waals surface area contributed by atoms with Gasteiger partial charge >= 0.3 is 0 Å². The van der Waals surface area contributed by atoms with E-state index in [1.807, 2.05) is 12.1 Å². The highest BCUT2D eigenvalue weighted by Gasteiger charge is 2.26. The van der Waals surface area contributed by atoms with Gasteiger partial charge in [0.25, 0.3) is 45.9 Å². The van der Waals surface area contributed by atoms with E-state index in [-0.39, 0.29) is 67.4 Å². The zero-order chi connectivity index (χ0) is 50.2. The number of aromatic nitrogens is 12. The largest absolute Gasteiger partial charge is 0.493 e. The lowest BCUT2D eigenvalue weighted by molar-refractivity contribution is 0.423. The van der Waals surface area contributed by atoms with E-state index in [1.165, 1.54) is 41.9 Å². The van der Waals surface area contributed by atoms with E-state index in [9.17, 15) is 50.8 Å². The molecule has 0 radical (unpaired) electrons. The number of rotatable bonds is 9. The molecule has 7 aromatic rings. The Labute approximate surface area is 383 Å². The Balaban J connectivity index is 1.50. The summed E-state index contributed by atoms with van der Waals surface area (Å²) in [6, 6.07) is 7.27. The van der Waals surface area contributed by atoms with E-state index in [0.717, 1.165) is 46.3 Å². The van der Waals surface area contributed by atoms with Crippen LogP contribution in [0.2, 0.25) is 0 Å². The predicted octanol–water partition coefficient (Wildman–Crippen LogP) is 4.40. The fourth-order valence-corrected chi connectivity index (χ4v) is 6.25. The third-order valence-electron chi connectivity index (χ3n) is 10.1. The average Bonchev–Trinajstić information content (AvgIpc) is 4.09. The van der Waals surface area contributed by atoms with Gasteiger partial charge in [-0.25, -0.2) is 9.69 Å².